The SMILES string of the molecule is O=C(Cc1cccc(-c2ccccc2)c1)NC1=CCCCN1. The molecule has 0 aromatic heterocycles. The molecule has 3 nitrogen and oxygen atoms in total. The molecule has 2 N–H and O–H groups in total. The number of benzene rings is 2. The van der Waals surface area contributed by atoms with E-state index in [1.807, 2.05) is 36.4 Å². The summed E-state index contributed by atoms with van der Waals surface area (Å²) < 4.78 is 0. The van der Waals surface area contributed by atoms with Crippen LogP contribution < -0.4 is 10.6 Å². The highest BCUT2D eigenvalue weighted by Crippen LogP contribution is 2.20. The average molecular weight is 292 g/mol. The van der Waals surface area contributed by atoms with E-state index >= 15 is 0 Å². The van der Waals surface area contributed by atoms with Crippen LogP contribution in [-0.4, -0.2) is 12.5 Å². The molecule has 0 radical (unpaired) electrons. The first kappa shape index (κ1) is 14.4. The molecule has 2 aromatic carbocycles. The van der Waals surface area contributed by atoms with Gasteiger partial charge in [-0.3, -0.25) is 4.79 Å². The van der Waals surface area contributed by atoms with E-state index < -0.39 is 0 Å². The lowest BCUT2D eigenvalue weighted by molar-refractivity contribution is -0.119. The quantitative estimate of drug-likeness (QED) is 0.908. The van der Waals surface area contributed by atoms with Crippen molar-refractivity contribution in [3.05, 3.63) is 72.1 Å². The Bertz CT molecular complexity index is 677. The maximum absolute atomic E-state index is 12.1. The Labute approximate surface area is 131 Å². The third-order valence-corrected chi connectivity index (χ3v) is 3.72. The van der Waals surface area contributed by atoms with Gasteiger partial charge in [0.05, 0.1) is 6.42 Å². The van der Waals surface area contributed by atoms with Gasteiger partial charge in [-0.15, -0.1) is 0 Å². The summed E-state index contributed by atoms with van der Waals surface area (Å²) in [6, 6.07) is 18.4. The zero-order chi connectivity index (χ0) is 15.2. The first-order valence-corrected chi connectivity index (χ1v) is 7.69. The molecule has 2 aromatic rings. The van der Waals surface area contributed by atoms with Crippen LogP contribution in [0.3, 0.4) is 0 Å². The normalized spacial score (nSPS) is 13.9. The molecule has 112 valence electrons. The summed E-state index contributed by atoms with van der Waals surface area (Å²) in [6.07, 6.45) is 4.58. The van der Waals surface area contributed by atoms with Gasteiger partial charge in [-0.2, -0.15) is 0 Å². The van der Waals surface area contributed by atoms with Gasteiger partial charge in [-0.25, -0.2) is 0 Å². The van der Waals surface area contributed by atoms with Gasteiger partial charge in [0, 0.05) is 6.54 Å². The maximum atomic E-state index is 12.1. The van der Waals surface area contributed by atoms with Gasteiger partial charge in [-0.1, -0.05) is 54.6 Å². The van der Waals surface area contributed by atoms with E-state index in [0.29, 0.717) is 6.42 Å². The lowest BCUT2D eigenvalue weighted by atomic mass is 10.0. The highest BCUT2D eigenvalue weighted by Gasteiger charge is 2.08. The van der Waals surface area contributed by atoms with Crippen LogP contribution in [0.5, 0.6) is 0 Å². The minimum absolute atomic E-state index is 0.0193. The van der Waals surface area contributed by atoms with Crippen LogP contribution in [0.25, 0.3) is 11.1 Å². The summed E-state index contributed by atoms with van der Waals surface area (Å²) in [5.74, 6) is 0.862. The second-order valence-corrected chi connectivity index (χ2v) is 5.48. The van der Waals surface area contributed by atoms with Crippen molar-refractivity contribution < 1.29 is 4.79 Å². The Morgan fingerprint density at radius 3 is 2.64 bits per heavy atom. The van der Waals surface area contributed by atoms with Crippen molar-refractivity contribution in [2.75, 3.05) is 6.54 Å². The number of hydrogen-bond acceptors (Lipinski definition) is 2. The standard InChI is InChI=1S/C19H20N2O/c22-19(21-18-11-4-5-12-20-18)14-15-7-6-10-17(13-15)16-8-2-1-3-9-16/h1-3,6-11,13,20H,4-5,12,14H2,(H,21,22). The van der Waals surface area contributed by atoms with Crippen molar-refractivity contribution >= 4 is 5.91 Å². The summed E-state index contributed by atoms with van der Waals surface area (Å²) in [7, 11) is 0. The molecule has 1 amide bonds. The lowest BCUT2D eigenvalue weighted by Gasteiger charge is -2.16. The topological polar surface area (TPSA) is 41.1 Å². The predicted octanol–water partition coefficient (Wildman–Crippen LogP) is 3.24. The molecule has 0 bridgehead atoms. The highest BCUT2D eigenvalue weighted by molar-refractivity contribution is 5.80. The van der Waals surface area contributed by atoms with E-state index in [2.05, 4.69) is 34.9 Å². The molecule has 22 heavy (non-hydrogen) atoms. The van der Waals surface area contributed by atoms with Gasteiger partial charge < -0.3 is 10.6 Å². The van der Waals surface area contributed by atoms with Gasteiger partial charge in [-0.05, 0) is 35.6 Å². The second kappa shape index (κ2) is 6.94. The number of allylic oxidation sites excluding steroid dienone is 1. The Morgan fingerprint density at radius 1 is 1.05 bits per heavy atom. The highest BCUT2D eigenvalue weighted by atomic mass is 16.1. The zero-order valence-electron chi connectivity index (χ0n) is 12.5. The Hall–Kier alpha value is -2.55. The van der Waals surface area contributed by atoms with E-state index in [-0.39, 0.29) is 5.91 Å². The number of rotatable bonds is 4. The molecule has 3 rings (SSSR count). The smallest absolute Gasteiger partial charge is 0.229 e. The van der Waals surface area contributed by atoms with Crippen LogP contribution in [-0.2, 0) is 11.2 Å². The second-order valence-electron chi connectivity index (χ2n) is 5.48. The van der Waals surface area contributed by atoms with Gasteiger partial charge in [0.1, 0.15) is 5.82 Å². The Balaban J connectivity index is 1.67. The van der Waals surface area contributed by atoms with Crippen LogP contribution in [0.4, 0.5) is 0 Å². The molecular weight excluding hydrogens is 272 g/mol. The first-order chi connectivity index (χ1) is 10.8. The van der Waals surface area contributed by atoms with Crippen molar-refractivity contribution in [1.29, 1.82) is 0 Å². The number of carbonyl (C=O) groups is 1. The number of nitrogens with one attached hydrogen (secondary N) is 2. The van der Waals surface area contributed by atoms with Crippen LogP contribution in [0.1, 0.15) is 18.4 Å². The molecule has 0 unspecified atom stereocenters. The molecule has 1 aliphatic heterocycles. The Morgan fingerprint density at radius 2 is 1.86 bits per heavy atom. The fourth-order valence-corrected chi connectivity index (χ4v) is 2.61. The molecule has 0 atom stereocenters. The van der Waals surface area contributed by atoms with E-state index in [4.69, 9.17) is 0 Å². The van der Waals surface area contributed by atoms with Gasteiger partial charge >= 0.3 is 0 Å². The molecule has 0 fully saturated rings. The number of carbonyl (C=O) groups excluding carboxylic acids is 1. The zero-order valence-corrected chi connectivity index (χ0v) is 12.5. The van der Waals surface area contributed by atoms with Crippen LogP contribution in [0.15, 0.2) is 66.5 Å². The number of hydrogen-bond donors (Lipinski definition) is 2. The van der Waals surface area contributed by atoms with Gasteiger partial charge in [0.25, 0.3) is 0 Å². The van der Waals surface area contributed by atoms with Gasteiger partial charge in [0.2, 0.25) is 5.91 Å². The van der Waals surface area contributed by atoms with Crippen molar-refractivity contribution in [1.82, 2.24) is 10.6 Å². The third-order valence-electron chi connectivity index (χ3n) is 3.72. The fourth-order valence-electron chi connectivity index (χ4n) is 2.61. The molecular formula is C19H20N2O. The average Bonchev–Trinajstić information content (AvgIpc) is 2.57. The summed E-state index contributed by atoms with van der Waals surface area (Å²) in [5, 5.41) is 6.14. The predicted molar refractivity (Wildman–Crippen MR) is 89.0 cm³/mol. The minimum Gasteiger partial charge on any atom is -0.372 e. The Kier molecular flexibility index (Phi) is 4.54. The fraction of sp³-hybridized carbons (Fsp3) is 0.211. The number of amides is 1. The van der Waals surface area contributed by atoms with E-state index in [1.165, 1.54) is 5.56 Å². The molecule has 0 saturated heterocycles. The summed E-state index contributed by atoms with van der Waals surface area (Å²) >= 11 is 0. The summed E-state index contributed by atoms with van der Waals surface area (Å²) in [4.78, 5) is 12.1. The lowest BCUT2D eigenvalue weighted by Crippen LogP contribution is -2.34. The molecule has 1 aliphatic rings. The molecule has 0 aliphatic carbocycles. The summed E-state index contributed by atoms with van der Waals surface area (Å²) in [6.45, 7) is 0.926. The van der Waals surface area contributed by atoms with E-state index in [9.17, 15) is 4.79 Å². The van der Waals surface area contributed by atoms with Crippen LogP contribution >= 0.6 is 0 Å². The van der Waals surface area contributed by atoms with Crippen molar-refractivity contribution in [2.45, 2.75) is 19.3 Å². The van der Waals surface area contributed by atoms with Crippen molar-refractivity contribution in [3.8, 4) is 11.1 Å². The largest absolute Gasteiger partial charge is 0.372 e. The van der Waals surface area contributed by atoms with Crippen LogP contribution in [0.2, 0.25) is 0 Å². The van der Waals surface area contributed by atoms with Crippen LogP contribution in [0, 0.1) is 0 Å². The monoisotopic (exact) mass is 292 g/mol. The molecule has 1 heterocycles. The van der Waals surface area contributed by atoms with E-state index in [1.54, 1.807) is 0 Å². The molecule has 3 heteroatoms. The van der Waals surface area contributed by atoms with Crippen molar-refractivity contribution in [3.63, 3.8) is 0 Å². The van der Waals surface area contributed by atoms with Gasteiger partial charge in [0.15, 0.2) is 0 Å². The first-order valence-electron chi connectivity index (χ1n) is 7.69. The minimum atomic E-state index is 0.0193. The molecule has 0 spiro atoms. The summed E-state index contributed by atoms with van der Waals surface area (Å²) in [5.41, 5.74) is 3.33. The third kappa shape index (κ3) is 3.76. The maximum Gasteiger partial charge on any atom is 0.229 e. The molecule has 0 saturated carbocycles. The van der Waals surface area contributed by atoms with Crippen molar-refractivity contribution in [2.24, 2.45) is 0 Å². The van der Waals surface area contributed by atoms with E-state index in [0.717, 1.165) is 36.3 Å².